The van der Waals surface area contributed by atoms with Crippen LogP contribution in [0.25, 0.3) is 0 Å². The molecule has 0 bridgehead atoms. The molecular formula is C19H29N3O2. The van der Waals surface area contributed by atoms with Gasteiger partial charge in [0.1, 0.15) is 0 Å². The minimum Gasteiger partial charge on any atom is -0.352 e. The summed E-state index contributed by atoms with van der Waals surface area (Å²) in [6.45, 7) is 7.16. The van der Waals surface area contributed by atoms with Gasteiger partial charge in [0.25, 0.3) is 5.91 Å². The van der Waals surface area contributed by atoms with Crippen LogP contribution in [0.3, 0.4) is 0 Å². The Balaban J connectivity index is 1.88. The number of amides is 2. The first-order valence-electron chi connectivity index (χ1n) is 8.95. The summed E-state index contributed by atoms with van der Waals surface area (Å²) in [6.07, 6.45) is 4.84. The fourth-order valence-corrected chi connectivity index (χ4v) is 2.83. The second kappa shape index (κ2) is 9.42. The molecule has 2 rings (SSSR count). The topological polar surface area (TPSA) is 61.4 Å². The summed E-state index contributed by atoms with van der Waals surface area (Å²) in [5, 5.41) is 5.80. The van der Waals surface area contributed by atoms with Gasteiger partial charge in [0, 0.05) is 17.8 Å². The average molecular weight is 331 g/mol. The molecule has 0 spiro atoms. The lowest BCUT2D eigenvalue weighted by atomic mass is 10.1. The van der Waals surface area contributed by atoms with Gasteiger partial charge in [-0.2, -0.15) is 0 Å². The molecule has 0 unspecified atom stereocenters. The third-order valence-corrected chi connectivity index (χ3v) is 4.15. The maximum atomic E-state index is 12.2. The summed E-state index contributed by atoms with van der Waals surface area (Å²) in [4.78, 5) is 26.6. The van der Waals surface area contributed by atoms with Gasteiger partial charge in [0.05, 0.1) is 6.54 Å². The molecule has 132 valence electrons. The lowest BCUT2D eigenvalue weighted by Crippen LogP contribution is -2.34. The van der Waals surface area contributed by atoms with Crippen LogP contribution < -0.4 is 10.6 Å². The highest BCUT2D eigenvalue weighted by Gasteiger charge is 2.13. The maximum absolute atomic E-state index is 12.2. The molecule has 0 aromatic heterocycles. The van der Waals surface area contributed by atoms with E-state index in [4.69, 9.17) is 0 Å². The standard InChI is InChI=1S/C19H29N3O2/c1-15(2)13-20-19(24)16-8-7-9-17(12-16)21-18(23)14-22-10-5-3-4-6-11-22/h7-9,12,15H,3-6,10-11,13-14H2,1-2H3,(H,20,24)(H,21,23). The predicted molar refractivity (Wildman–Crippen MR) is 97.2 cm³/mol. The lowest BCUT2D eigenvalue weighted by molar-refractivity contribution is -0.117. The minimum atomic E-state index is -0.104. The largest absolute Gasteiger partial charge is 0.352 e. The maximum Gasteiger partial charge on any atom is 0.251 e. The molecule has 1 aromatic carbocycles. The molecule has 0 atom stereocenters. The number of nitrogens with zero attached hydrogens (tertiary/aromatic N) is 1. The van der Waals surface area contributed by atoms with Crippen molar-refractivity contribution in [1.29, 1.82) is 0 Å². The number of likely N-dealkylation sites (tertiary alicyclic amines) is 1. The van der Waals surface area contributed by atoms with Gasteiger partial charge >= 0.3 is 0 Å². The molecule has 1 heterocycles. The van der Waals surface area contributed by atoms with Gasteiger partial charge in [0.15, 0.2) is 0 Å². The van der Waals surface area contributed by atoms with E-state index in [9.17, 15) is 9.59 Å². The van der Waals surface area contributed by atoms with Gasteiger partial charge in [0.2, 0.25) is 5.91 Å². The molecule has 1 aliphatic rings. The Morgan fingerprint density at radius 1 is 1.12 bits per heavy atom. The zero-order valence-corrected chi connectivity index (χ0v) is 14.8. The van der Waals surface area contributed by atoms with Crippen molar-refractivity contribution in [3.8, 4) is 0 Å². The summed E-state index contributed by atoms with van der Waals surface area (Å²) in [6, 6.07) is 7.11. The van der Waals surface area contributed by atoms with Crippen molar-refractivity contribution in [3.05, 3.63) is 29.8 Å². The van der Waals surface area contributed by atoms with Gasteiger partial charge in [-0.15, -0.1) is 0 Å². The summed E-state index contributed by atoms with van der Waals surface area (Å²) in [5.74, 6) is 0.286. The second-order valence-electron chi connectivity index (χ2n) is 6.92. The Bertz CT molecular complexity index is 549. The lowest BCUT2D eigenvalue weighted by Gasteiger charge is -2.19. The third kappa shape index (κ3) is 6.32. The number of hydrogen-bond acceptors (Lipinski definition) is 3. The number of benzene rings is 1. The highest BCUT2D eigenvalue weighted by Crippen LogP contribution is 2.12. The molecule has 5 heteroatoms. The molecule has 1 aliphatic heterocycles. The second-order valence-corrected chi connectivity index (χ2v) is 6.92. The molecule has 24 heavy (non-hydrogen) atoms. The van der Waals surface area contributed by atoms with E-state index in [2.05, 4.69) is 29.4 Å². The van der Waals surface area contributed by atoms with Crippen LogP contribution in [-0.4, -0.2) is 42.9 Å². The van der Waals surface area contributed by atoms with E-state index < -0.39 is 0 Å². The van der Waals surface area contributed by atoms with Crippen LogP contribution in [0.4, 0.5) is 5.69 Å². The van der Waals surface area contributed by atoms with Crippen molar-refractivity contribution in [1.82, 2.24) is 10.2 Å². The van der Waals surface area contributed by atoms with Gasteiger partial charge in [-0.05, 0) is 50.0 Å². The van der Waals surface area contributed by atoms with E-state index in [-0.39, 0.29) is 11.8 Å². The van der Waals surface area contributed by atoms with E-state index in [1.807, 2.05) is 6.07 Å². The fraction of sp³-hybridized carbons (Fsp3) is 0.579. The van der Waals surface area contributed by atoms with Gasteiger partial charge in [-0.25, -0.2) is 0 Å². The Hall–Kier alpha value is -1.88. The van der Waals surface area contributed by atoms with Gasteiger partial charge in [-0.3, -0.25) is 14.5 Å². The molecule has 2 amide bonds. The van der Waals surface area contributed by atoms with Crippen molar-refractivity contribution in [2.24, 2.45) is 5.92 Å². The molecular weight excluding hydrogens is 302 g/mol. The minimum absolute atomic E-state index is 0.0170. The van der Waals surface area contributed by atoms with Crippen molar-refractivity contribution >= 4 is 17.5 Å². The Labute approximate surface area is 144 Å². The van der Waals surface area contributed by atoms with Crippen molar-refractivity contribution in [3.63, 3.8) is 0 Å². The summed E-state index contributed by atoms with van der Waals surface area (Å²) in [5.41, 5.74) is 1.25. The number of hydrogen-bond donors (Lipinski definition) is 2. The Morgan fingerprint density at radius 2 is 1.83 bits per heavy atom. The van der Waals surface area contributed by atoms with E-state index in [1.54, 1.807) is 18.2 Å². The van der Waals surface area contributed by atoms with Crippen LogP contribution in [0.2, 0.25) is 0 Å². The molecule has 2 N–H and O–H groups in total. The SMILES string of the molecule is CC(C)CNC(=O)c1cccc(NC(=O)CN2CCCCCC2)c1. The first-order valence-corrected chi connectivity index (χ1v) is 8.95. The normalized spacial score (nSPS) is 15.8. The number of anilines is 1. The van der Waals surface area contributed by atoms with Crippen LogP contribution in [0.5, 0.6) is 0 Å². The van der Waals surface area contributed by atoms with Crippen molar-refractivity contribution in [2.45, 2.75) is 39.5 Å². The summed E-state index contributed by atoms with van der Waals surface area (Å²) >= 11 is 0. The first kappa shape index (κ1) is 18.5. The van der Waals surface area contributed by atoms with Crippen molar-refractivity contribution in [2.75, 3.05) is 31.5 Å². The average Bonchev–Trinajstić information content (AvgIpc) is 2.81. The Kier molecular flexibility index (Phi) is 7.25. The van der Waals surface area contributed by atoms with Crippen LogP contribution in [0.15, 0.2) is 24.3 Å². The van der Waals surface area contributed by atoms with E-state index in [0.717, 1.165) is 13.1 Å². The molecule has 1 aromatic rings. The number of carbonyl (C=O) groups is 2. The quantitative estimate of drug-likeness (QED) is 0.842. The number of rotatable bonds is 6. The number of carbonyl (C=O) groups excluding carboxylic acids is 2. The zero-order chi connectivity index (χ0) is 17.4. The van der Waals surface area contributed by atoms with Gasteiger partial charge < -0.3 is 10.6 Å². The van der Waals surface area contributed by atoms with Gasteiger partial charge in [-0.1, -0.05) is 32.8 Å². The van der Waals surface area contributed by atoms with Crippen LogP contribution in [-0.2, 0) is 4.79 Å². The van der Waals surface area contributed by atoms with Crippen LogP contribution >= 0.6 is 0 Å². The predicted octanol–water partition coefficient (Wildman–Crippen LogP) is 2.89. The molecule has 0 saturated carbocycles. The zero-order valence-electron chi connectivity index (χ0n) is 14.8. The van der Waals surface area contributed by atoms with E-state index in [0.29, 0.717) is 30.3 Å². The first-order chi connectivity index (χ1) is 11.5. The fourth-order valence-electron chi connectivity index (χ4n) is 2.83. The molecule has 1 fully saturated rings. The monoisotopic (exact) mass is 331 g/mol. The molecule has 0 aliphatic carbocycles. The third-order valence-electron chi connectivity index (χ3n) is 4.15. The van der Waals surface area contributed by atoms with Crippen molar-refractivity contribution < 1.29 is 9.59 Å². The van der Waals surface area contributed by atoms with Crippen LogP contribution in [0, 0.1) is 5.92 Å². The molecule has 0 radical (unpaired) electrons. The highest BCUT2D eigenvalue weighted by atomic mass is 16.2. The summed E-state index contributed by atoms with van der Waals surface area (Å²) < 4.78 is 0. The molecule has 1 saturated heterocycles. The highest BCUT2D eigenvalue weighted by molar-refractivity contribution is 5.97. The van der Waals surface area contributed by atoms with E-state index >= 15 is 0 Å². The number of nitrogens with one attached hydrogen (secondary N) is 2. The Morgan fingerprint density at radius 3 is 2.50 bits per heavy atom. The smallest absolute Gasteiger partial charge is 0.251 e. The molecule has 5 nitrogen and oxygen atoms in total. The van der Waals surface area contributed by atoms with Crippen LogP contribution in [0.1, 0.15) is 49.9 Å². The summed E-state index contributed by atoms with van der Waals surface area (Å²) in [7, 11) is 0. The van der Waals surface area contributed by atoms with E-state index in [1.165, 1.54) is 25.7 Å².